The zero-order valence-electron chi connectivity index (χ0n) is 12.4. The summed E-state index contributed by atoms with van der Waals surface area (Å²) >= 11 is 0. The fraction of sp³-hybridized carbons (Fsp3) is 0.471. The molecule has 0 spiro atoms. The van der Waals surface area contributed by atoms with Gasteiger partial charge in [0.15, 0.2) is 0 Å². The van der Waals surface area contributed by atoms with E-state index in [4.69, 9.17) is 5.11 Å². The van der Waals surface area contributed by atoms with Gasteiger partial charge in [-0.15, -0.1) is 0 Å². The van der Waals surface area contributed by atoms with Crippen molar-refractivity contribution < 1.29 is 14.3 Å². The van der Waals surface area contributed by atoms with Crippen LogP contribution in [0.5, 0.6) is 0 Å². The first-order valence-corrected chi connectivity index (χ1v) is 7.23. The minimum atomic E-state index is -0.453. The normalized spacial score (nSPS) is 21.6. The number of carbonyl (C=O) groups is 1. The summed E-state index contributed by atoms with van der Waals surface area (Å²) in [7, 11) is 0. The second kappa shape index (κ2) is 6.73. The van der Waals surface area contributed by atoms with Crippen molar-refractivity contribution in [2.24, 2.45) is 5.92 Å². The van der Waals surface area contributed by atoms with Crippen LogP contribution in [0, 0.1) is 23.6 Å². The van der Waals surface area contributed by atoms with E-state index < -0.39 is 5.82 Å². The second-order valence-electron chi connectivity index (χ2n) is 5.64. The van der Waals surface area contributed by atoms with Crippen LogP contribution >= 0.6 is 0 Å². The van der Waals surface area contributed by atoms with E-state index in [0.29, 0.717) is 18.0 Å². The predicted molar refractivity (Wildman–Crippen MR) is 79.3 cm³/mol. The van der Waals surface area contributed by atoms with Crippen LogP contribution in [0.3, 0.4) is 0 Å². The Morgan fingerprint density at radius 3 is 2.90 bits per heavy atom. The number of hydrogen-bond acceptors (Lipinski definition) is 2. The van der Waals surface area contributed by atoms with Gasteiger partial charge >= 0.3 is 0 Å². The van der Waals surface area contributed by atoms with Gasteiger partial charge in [-0.2, -0.15) is 0 Å². The zero-order valence-corrected chi connectivity index (χ0v) is 12.4. The molecule has 0 aromatic heterocycles. The van der Waals surface area contributed by atoms with Gasteiger partial charge in [-0.05, 0) is 43.9 Å². The molecule has 1 N–H and O–H groups in total. The molecule has 0 aliphatic carbocycles. The van der Waals surface area contributed by atoms with Crippen molar-refractivity contribution in [2.45, 2.75) is 32.7 Å². The number of amides is 1. The van der Waals surface area contributed by atoms with Gasteiger partial charge in [-0.1, -0.05) is 18.8 Å². The molecule has 21 heavy (non-hydrogen) atoms. The van der Waals surface area contributed by atoms with Crippen LogP contribution in [0.25, 0.3) is 0 Å². The van der Waals surface area contributed by atoms with Crippen LogP contribution < -0.4 is 0 Å². The van der Waals surface area contributed by atoms with Gasteiger partial charge in [0.05, 0.1) is 5.56 Å². The van der Waals surface area contributed by atoms with Crippen LogP contribution in [0.4, 0.5) is 4.39 Å². The molecular formula is C17H20FNO2. The van der Waals surface area contributed by atoms with Gasteiger partial charge in [0.2, 0.25) is 0 Å². The molecule has 3 nitrogen and oxygen atoms in total. The molecular weight excluding hydrogens is 269 g/mol. The molecule has 4 heteroatoms. The Morgan fingerprint density at radius 2 is 2.19 bits per heavy atom. The van der Waals surface area contributed by atoms with E-state index in [2.05, 4.69) is 18.8 Å². The fourth-order valence-corrected chi connectivity index (χ4v) is 2.66. The third-order valence-corrected chi connectivity index (χ3v) is 3.89. The molecule has 1 saturated heterocycles. The number of benzene rings is 1. The average molecular weight is 289 g/mol. The summed E-state index contributed by atoms with van der Waals surface area (Å²) in [5, 5.41) is 8.79. The Morgan fingerprint density at radius 1 is 1.43 bits per heavy atom. The SMILES string of the molecule is CC1CCC(C)N(C(=O)c2cc(F)ccc2C#CCO)C1. The smallest absolute Gasteiger partial charge is 0.255 e. The van der Waals surface area contributed by atoms with Gasteiger partial charge < -0.3 is 10.0 Å². The van der Waals surface area contributed by atoms with Crippen molar-refractivity contribution >= 4 is 5.91 Å². The molecule has 1 aliphatic heterocycles. The fourth-order valence-electron chi connectivity index (χ4n) is 2.66. The lowest BCUT2D eigenvalue weighted by Crippen LogP contribution is -2.45. The van der Waals surface area contributed by atoms with Crippen molar-refractivity contribution in [3.63, 3.8) is 0 Å². The predicted octanol–water partition coefficient (Wildman–Crippen LogP) is 2.43. The summed E-state index contributed by atoms with van der Waals surface area (Å²) < 4.78 is 13.5. The van der Waals surface area contributed by atoms with Gasteiger partial charge in [0, 0.05) is 18.2 Å². The van der Waals surface area contributed by atoms with E-state index in [9.17, 15) is 9.18 Å². The number of nitrogens with zero attached hydrogens (tertiary/aromatic N) is 1. The summed E-state index contributed by atoms with van der Waals surface area (Å²) in [6.07, 6.45) is 2.06. The molecule has 1 aromatic rings. The maximum Gasteiger partial charge on any atom is 0.255 e. The third-order valence-electron chi connectivity index (χ3n) is 3.89. The standard InChI is InChI=1S/C17H20FNO2/c1-12-5-6-13(2)19(11-12)17(21)16-10-15(18)8-7-14(16)4-3-9-20/h7-8,10,12-13,20H,5-6,9,11H2,1-2H3. The van der Waals surface area contributed by atoms with Crippen molar-refractivity contribution in [2.75, 3.05) is 13.2 Å². The molecule has 0 saturated carbocycles. The van der Waals surface area contributed by atoms with Crippen LogP contribution in [0.15, 0.2) is 18.2 Å². The molecule has 1 fully saturated rings. The monoisotopic (exact) mass is 289 g/mol. The molecule has 0 radical (unpaired) electrons. The van der Waals surface area contributed by atoms with E-state index in [1.165, 1.54) is 18.2 Å². The van der Waals surface area contributed by atoms with Gasteiger partial charge in [-0.3, -0.25) is 4.79 Å². The number of rotatable bonds is 1. The Kier molecular flexibility index (Phi) is 4.98. The average Bonchev–Trinajstić information content (AvgIpc) is 2.47. The van der Waals surface area contributed by atoms with E-state index in [0.717, 1.165) is 12.8 Å². The lowest BCUT2D eigenvalue weighted by molar-refractivity contribution is 0.0573. The lowest BCUT2D eigenvalue weighted by atomic mass is 9.93. The van der Waals surface area contributed by atoms with Crippen LogP contribution in [-0.2, 0) is 0 Å². The Labute approximate surface area is 124 Å². The molecule has 1 aliphatic rings. The molecule has 112 valence electrons. The third kappa shape index (κ3) is 3.62. The summed E-state index contributed by atoms with van der Waals surface area (Å²) in [4.78, 5) is 14.5. The summed E-state index contributed by atoms with van der Waals surface area (Å²) in [5.41, 5.74) is 0.734. The quantitative estimate of drug-likeness (QED) is 0.807. The van der Waals surface area contributed by atoms with Crippen molar-refractivity contribution in [1.82, 2.24) is 4.90 Å². The number of hydrogen-bond donors (Lipinski definition) is 1. The topological polar surface area (TPSA) is 40.5 Å². The summed E-state index contributed by atoms with van der Waals surface area (Å²) in [6.45, 7) is 4.53. The largest absolute Gasteiger partial charge is 0.384 e. The lowest BCUT2D eigenvalue weighted by Gasteiger charge is -2.37. The molecule has 1 aromatic carbocycles. The first-order chi connectivity index (χ1) is 10.0. The highest BCUT2D eigenvalue weighted by Gasteiger charge is 2.28. The number of carbonyl (C=O) groups excluding carboxylic acids is 1. The van der Waals surface area contributed by atoms with Gasteiger partial charge in [-0.25, -0.2) is 4.39 Å². The summed E-state index contributed by atoms with van der Waals surface area (Å²) in [6, 6.07) is 4.15. The zero-order chi connectivity index (χ0) is 15.4. The number of likely N-dealkylation sites (tertiary alicyclic amines) is 1. The highest BCUT2D eigenvalue weighted by Crippen LogP contribution is 2.24. The minimum Gasteiger partial charge on any atom is -0.384 e. The van der Waals surface area contributed by atoms with Crippen molar-refractivity contribution in [3.05, 3.63) is 35.1 Å². The second-order valence-corrected chi connectivity index (χ2v) is 5.64. The molecule has 1 heterocycles. The first-order valence-electron chi connectivity index (χ1n) is 7.23. The van der Waals surface area contributed by atoms with E-state index >= 15 is 0 Å². The van der Waals surface area contributed by atoms with Crippen LogP contribution in [-0.4, -0.2) is 35.1 Å². The molecule has 2 unspecified atom stereocenters. The Bertz CT molecular complexity index is 588. The number of aliphatic hydroxyl groups is 1. The van der Waals surface area contributed by atoms with Crippen molar-refractivity contribution in [3.8, 4) is 11.8 Å². The maximum absolute atomic E-state index is 13.5. The number of halogens is 1. The van der Waals surface area contributed by atoms with Crippen LogP contribution in [0.2, 0.25) is 0 Å². The highest BCUT2D eigenvalue weighted by atomic mass is 19.1. The molecule has 1 amide bonds. The first kappa shape index (κ1) is 15.5. The van der Waals surface area contributed by atoms with E-state index in [-0.39, 0.29) is 24.1 Å². The number of aliphatic hydroxyl groups excluding tert-OH is 1. The van der Waals surface area contributed by atoms with Gasteiger partial charge in [0.1, 0.15) is 12.4 Å². The van der Waals surface area contributed by atoms with E-state index in [1.807, 2.05) is 6.92 Å². The minimum absolute atomic E-state index is 0.149. The summed E-state index contributed by atoms with van der Waals surface area (Å²) in [5.74, 6) is 5.05. The van der Waals surface area contributed by atoms with Crippen molar-refractivity contribution in [1.29, 1.82) is 0 Å². The molecule has 2 atom stereocenters. The molecule has 0 bridgehead atoms. The maximum atomic E-state index is 13.5. The van der Waals surface area contributed by atoms with Gasteiger partial charge in [0.25, 0.3) is 5.91 Å². The van der Waals surface area contributed by atoms with Crippen LogP contribution in [0.1, 0.15) is 42.6 Å². The Hall–Kier alpha value is -1.86. The number of piperidine rings is 1. The van der Waals surface area contributed by atoms with E-state index in [1.54, 1.807) is 4.90 Å². The molecule has 2 rings (SSSR count). The highest BCUT2D eigenvalue weighted by molar-refractivity contribution is 5.97. The Balaban J connectivity index is 2.35.